The first-order chi connectivity index (χ1) is 8.13. The lowest BCUT2D eigenvalue weighted by Crippen LogP contribution is -2.43. The molecule has 0 radical (unpaired) electrons. The van der Waals surface area contributed by atoms with E-state index in [1.165, 1.54) is 0 Å². The number of nitrogens with one attached hydrogen (secondary N) is 1. The number of hydrogen-bond acceptors (Lipinski definition) is 2. The first-order valence-corrected chi connectivity index (χ1v) is 6.20. The number of amides is 1. The van der Waals surface area contributed by atoms with E-state index in [9.17, 15) is 4.79 Å². The standard InChI is InChI=1S/C14H22N2O/c1-3-11(2)10-16-14(17)13(15)9-12-7-5-4-6-8-12/h4-8,11,13H,3,9-10,15H2,1-2H3,(H,16,17)/t11?,13-/m0/s1. The largest absolute Gasteiger partial charge is 0.354 e. The molecule has 0 heterocycles. The lowest BCUT2D eigenvalue weighted by atomic mass is 10.1. The summed E-state index contributed by atoms with van der Waals surface area (Å²) in [7, 11) is 0. The van der Waals surface area contributed by atoms with Gasteiger partial charge in [-0.05, 0) is 17.9 Å². The van der Waals surface area contributed by atoms with Crippen LogP contribution in [0.5, 0.6) is 0 Å². The lowest BCUT2D eigenvalue weighted by molar-refractivity contribution is -0.122. The monoisotopic (exact) mass is 234 g/mol. The molecule has 0 spiro atoms. The Morgan fingerprint density at radius 3 is 2.59 bits per heavy atom. The van der Waals surface area contributed by atoms with Crippen LogP contribution in [0, 0.1) is 5.92 Å². The van der Waals surface area contributed by atoms with Gasteiger partial charge < -0.3 is 11.1 Å². The molecule has 3 N–H and O–H groups in total. The number of hydrogen-bond donors (Lipinski definition) is 2. The van der Waals surface area contributed by atoms with Crippen LogP contribution >= 0.6 is 0 Å². The summed E-state index contributed by atoms with van der Waals surface area (Å²) in [5.74, 6) is 0.442. The summed E-state index contributed by atoms with van der Waals surface area (Å²) in [6.07, 6.45) is 1.65. The van der Waals surface area contributed by atoms with Crippen LogP contribution in [0.4, 0.5) is 0 Å². The Morgan fingerprint density at radius 2 is 2.00 bits per heavy atom. The van der Waals surface area contributed by atoms with Crippen molar-refractivity contribution in [2.75, 3.05) is 6.54 Å². The van der Waals surface area contributed by atoms with Gasteiger partial charge >= 0.3 is 0 Å². The SMILES string of the molecule is CCC(C)CNC(=O)[C@@H](N)Cc1ccccc1. The van der Waals surface area contributed by atoms with Gasteiger partial charge in [-0.2, -0.15) is 0 Å². The highest BCUT2D eigenvalue weighted by Crippen LogP contribution is 2.02. The van der Waals surface area contributed by atoms with Crippen molar-refractivity contribution in [2.24, 2.45) is 11.7 Å². The van der Waals surface area contributed by atoms with Crippen LogP contribution in [-0.2, 0) is 11.2 Å². The molecule has 0 aromatic heterocycles. The van der Waals surface area contributed by atoms with Crippen LogP contribution in [-0.4, -0.2) is 18.5 Å². The molecule has 1 rings (SSSR count). The van der Waals surface area contributed by atoms with Crippen molar-refractivity contribution < 1.29 is 4.79 Å². The van der Waals surface area contributed by atoms with Gasteiger partial charge in [-0.25, -0.2) is 0 Å². The molecule has 2 atom stereocenters. The van der Waals surface area contributed by atoms with Gasteiger partial charge in [-0.3, -0.25) is 4.79 Å². The van der Waals surface area contributed by atoms with E-state index in [4.69, 9.17) is 5.73 Å². The van der Waals surface area contributed by atoms with Crippen LogP contribution in [0.25, 0.3) is 0 Å². The smallest absolute Gasteiger partial charge is 0.237 e. The highest BCUT2D eigenvalue weighted by Gasteiger charge is 2.14. The first kappa shape index (κ1) is 13.7. The Labute approximate surface area is 103 Å². The first-order valence-electron chi connectivity index (χ1n) is 6.20. The number of rotatable bonds is 6. The van der Waals surface area contributed by atoms with Gasteiger partial charge in [-0.15, -0.1) is 0 Å². The third kappa shape index (κ3) is 5.00. The molecule has 17 heavy (non-hydrogen) atoms. The predicted molar refractivity (Wildman–Crippen MR) is 70.6 cm³/mol. The van der Waals surface area contributed by atoms with Gasteiger partial charge in [0, 0.05) is 6.54 Å². The Balaban J connectivity index is 2.37. The second kappa shape index (κ2) is 7.07. The summed E-state index contributed by atoms with van der Waals surface area (Å²) in [5, 5.41) is 2.89. The zero-order valence-electron chi connectivity index (χ0n) is 10.6. The second-order valence-corrected chi connectivity index (χ2v) is 4.55. The highest BCUT2D eigenvalue weighted by atomic mass is 16.2. The molecule has 0 aliphatic heterocycles. The molecular formula is C14H22N2O. The molecule has 94 valence electrons. The summed E-state index contributed by atoms with van der Waals surface area (Å²) < 4.78 is 0. The number of nitrogens with two attached hydrogens (primary N) is 1. The molecule has 0 bridgehead atoms. The topological polar surface area (TPSA) is 55.1 Å². The van der Waals surface area contributed by atoms with Crippen molar-refractivity contribution in [2.45, 2.75) is 32.7 Å². The second-order valence-electron chi connectivity index (χ2n) is 4.55. The number of carbonyl (C=O) groups excluding carboxylic acids is 1. The fourth-order valence-electron chi connectivity index (χ4n) is 1.51. The van der Waals surface area contributed by atoms with Crippen LogP contribution in [0.3, 0.4) is 0 Å². The van der Waals surface area contributed by atoms with Gasteiger partial charge in [0.1, 0.15) is 0 Å². The van der Waals surface area contributed by atoms with Crippen molar-refractivity contribution in [3.63, 3.8) is 0 Å². The maximum Gasteiger partial charge on any atom is 0.237 e. The van der Waals surface area contributed by atoms with Crippen LogP contribution in [0.1, 0.15) is 25.8 Å². The van der Waals surface area contributed by atoms with Crippen LogP contribution < -0.4 is 11.1 Å². The molecule has 3 heteroatoms. The molecule has 0 aliphatic carbocycles. The van der Waals surface area contributed by atoms with E-state index in [1.807, 2.05) is 30.3 Å². The molecule has 1 amide bonds. The van der Waals surface area contributed by atoms with Crippen LogP contribution in [0.2, 0.25) is 0 Å². The maximum atomic E-state index is 11.7. The van der Waals surface area contributed by atoms with Gasteiger partial charge in [0.05, 0.1) is 6.04 Å². The average molecular weight is 234 g/mol. The normalized spacial score (nSPS) is 14.1. The molecule has 1 aromatic carbocycles. The van der Waals surface area contributed by atoms with Gasteiger partial charge in [0.15, 0.2) is 0 Å². The molecule has 0 fully saturated rings. The minimum absolute atomic E-state index is 0.0610. The van der Waals surface area contributed by atoms with Crippen molar-refractivity contribution in [1.82, 2.24) is 5.32 Å². The van der Waals surface area contributed by atoms with E-state index in [0.29, 0.717) is 18.9 Å². The third-order valence-electron chi connectivity index (χ3n) is 2.96. The Kier molecular flexibility index (Phi) is 5.70. The maximum absolute atomic E-state index is 11.7. The highest BCUT2D eigenvalue weighted by molar-refractivity contribution is 5.81. The number of carbonyl (C=O) groups is 1. The van der Waals surface area contributed by atoms with E-state index in [2.05, 4.69) is 19.2 Å². The molecule has 0 saturated carbocycles. The van der Waals surface area contributed by atoms with E-state index in [0.717, 1.165) is 12.0 Å². The zero-order chi connectivity index (χ0) is 12.7. The van der Waals surface area contributed by atoms with Gasteiger partial charge in [0.2, 0.25) is 5.91 Å². The molecule has 0 aliphatic rings. The minimum atomic E-state index is -0.457. The molecule has 1 aromatic rings. The number of benzene rings is 1. The zero-order valence-corrected chi connectivity index (χ0v) is 10.6. The van der Waals surface area contributed by atoms with Crippen LogP contribution in [0.15, 0.2) is 30.3 Å². The van der Waals surface area contributed by atoms with Crippen molar-refractivity contribution in [3.8, 4) is 0 Å². The van der Waals surface area contributed by atoms with Gasteiger partial charge in [0.25, 0.3) is 0 Å². The van der Waals surface area contributed by atoms with Crippen molar-refractivity contribution in [1.29, 1.82) is 0 Å². The Morgan fingerprint density at radius 1 is 1.35 bits per heavy atom. The minimum Gasteiger partial charge on any atom is -0.354 e. The van der Waals surface area contributed by atoms with E-state index in [-0.39, 0.29) is 5.91 Å². The predicted octanol–water partition coefficient (Wildman–Crippen LogP) is 1.72. The van der Waals surface area contributed by atoms with Gasteiger partial charge in [-0.1, -0.05) is 50.6 Å². The van der Waals surface area contributed by atoms with Crippen molar-refractivity contribution >= 4 is 5.91 Å². The molecule has 1 unspecified atom stereocenters. The van der Waals surface area contributed by atoms with E-state index in [1.54, 1.807) is 0 Å². The summed E-state index contributed by atoms with van der Waals surface area (Å²) in [5.41, 5.74) is 6.96. The Bertz CT molecular complexity index is 337. The van der Waals surface area contributed by atoms with Crippen molar-refractivity contribution in [3.05, 3.63) is 35.9 Å². The third-order valence-corrected chi connectivity index (χ3v) is 2.96. The summed E-state index contributed by atoms with van der Waals surface area (Å²) >= 11 is 0. The molecule has 3 nitrogen and oxygen atoms in total. The van der Waals surface area contributed by atoms with E-state index < -0.39 is 6.04 Å². The Hall–Kier alpha value is -1.35. The summed E-state index contributed by atoms with van der Waals surface area (Å²) in [6.45, 7) is 4.93. The fourth-order valence-corrected chi connectivity index (χ4v) is 1.51. The average Bonchev–Trinajstić information content (AvgIpc) is 2.36. The quantitative estimate of drug-likeness (QED) is 0.787. The molecular weight excluding hydrogens is 212 g/mol. The lowest BCUT2D eigenvalue weighted by Gasteiger charge is -2.14. The fraction of sp³-hybridized carbons (Fsp3) is 0.500. The molecule has 0 saturated heterocycles. The van der Waals surface area contributed by atoms with E-state index >= 15 is 0 Å². The summed E-state index contributed by atoms with van der Waals surface area (Å²) in [6, 6.07) is 9.39. The summed E-state index contributed by atoms with van der Waals surface area (Å²) in [4.78, 5) is 11.7.